The van der Waals surface area contributed by atoms with Crippen molar-refractivity contribution in [3.63, 3.8) is 0 Å². The third-order valence-corrected chi connectivity index (χ3v) is 7.40. The Morgan fingerprint density at radius 2 is 0.595 bits per heavy atom. The summed E-state index contributed by atoms with van der Waals surface area (Å²) in [5.41, 5.74) is 9.62. The van der Waals surface area contributed by atoms with E-state index in [4.69, 9.17) is 9.47 Å². The van der Waals surface area contributed by atoms with Crippen LogP contribution in [0.3, 0.4) is 0 Å². The Balaban J connectivity index is 1.35. The molecule has 0 radical (unpaired) electrons. The molecule has 6 aromatic rings. The van der Waals surface area contributed by atoms with E-state index >= 15 is 0 Å². The summed E-state index contributed by atoms with van der Waals surface area (Å²) in [5, 5.41) is 0. The van der Waals surface area contributed by atoms with Crippen LogP contribution < -0.4 is 14.4 Å². The molecule has 42 heavy (non-hydrogen) atoms. The van der Waals surface area contributed by atoms with E-state index in [1.54, 1.807) is 26.4 Å². The summed E-state index contributed by atoms with van der Waals surface area (Å²) in [4.78, 5) is 2.24. The molecule has 0 atom stereocenters. The van der Waals surface area contributed by atoms with Crippen LogP contribution >= 0.6 is 0 Å². The number of nitrogens with zero attached hydrogens (tertiary/aromatic N) is 1. The Morgan fingerprint density at radius 3 is 0.857 bits per heavy atom. The van der Waals surface area contributed by atoms with Crippen molar-refractivity contribution < 1.29 is 13.9 Å². The molecule has 0 saturated carbocycles. The molecule has 0 amide bonds. The molecule has 0 N–H and O–H groups in total. The second kappa shape index (κ2) is 12.0. The number of anilines is 3. The lowest BCUT2D eigenvalue weighted by atomic mass is 10.0. The maximum absolute atomic E-state index is 13.5. The van der Waals surface area contributed by atoms with Crippen molar-refractivity contribution >= 4 is 17.1 Å². The first-order chi connectivity index (χ1) is 20.6. The molecule has 0 aliphatic rings. The molecule has 0 spiro atoms. The molecule has 206 valence electrons. The van der Waals surface area contributed by atoms with Crippen molar-refractivity contribution in [1.82, 2.24) is 0 Å². The third-order valence-electron chi connectivity index (χ3n) is 7.40. The Kier molecular flexibility index (Phi) is 7.69. The topological polar surface area (TPSA) is 21.7 Å². The number of rotatable bonds is 8. The highest BCUT2D eigenvalue weighted by atomic mass is 19.1. The molecule has 0 aliphatic carbocycles. The highest BCUT2D eigenvalue weighted by molar-refractivity contribution is 5.81. The first-order valence-corrected chi connectivity index (χ1v) is 13.8. The smallest absolute Gasteiger partial charge is 0.123 e. The van der Waals surface area contributed by atoms with Gasteiger partial charge in [0.15, 0.2) is 0 Å². The van der Waals surface area contributed by atoms with Gasteiger partial charge in [0, 0.05) is 17.1 Å². The normalized spacial score (nSPS) is 10.7. The first-order valence-electron chi connectivity index (χ1n) is 13.8. The van der Waals surface area contributed by atoms with Gasteiger partial charge in [0.05, 0.1) is 14.2 Å². The summed E-state index contributed by atoms with van der Waals surface area (Å²) >= 11 is 0. The minimum Gasteiger partial charge on any atom is -0.497 e. The quantitative estimate of drug-likeness (QED) is 0.188. The van der Waals surface area contributed by atoms with Gasteiger partial charge in [-0.15, -0.1) is 0 Å². The molecule has 0 unspecified atom stereocenters. The van der Waals surface area contributed by atoms with Crippen LogP contribution in [0.2, 0.25) is 0 Å². The third kappa shape index (κ3) is 5.74. The highest BCUT2D eigenvalue weighted by Crippen LogP contribution is 2.38. The fourth-order valence-corrected chi connectivity index (χ4v) is 5.07. The zero-order chi connectivity index (χ0) is 28.9. The fraction of sp³-hybridized carbons (Fsp3) is 0.0526. The van der Waals surface area contributed by atoms with Gasteiger partial charge in [-0.25, -0.2) is 4.39 Å². The van der Waals surface area contributed by atoms with Crippen molar-refractivity contribution in [2.75, 3.05) is 19.1 Å². The largest absolute Gasteiger partial charge is 0.497 e. The van der Waals surface area contributed by atoms with E-state index < -0.39 is 0 Å². The van der Waals surface area contributed by atoms with Crippen LogP contribution in [-0.4, -0.2) is 14.2 Å². The summed E-state index contributed by atoms with van der Waals surface area (Å²) in [6.07, 6.45) is 0. The average Bonchev–Trinajstić information content (AvgIpc) is 3.06. The molecular weight excluding hydrogens is 521 g/mol. The van der Waals surface area contributed by atoms with E-state index in [0.29, 0.717) is 0 Å². The van der Waals surface area contributed by atoms with Crippen molar-refractivity contribution in [3.8, 4) is 44.9 Å². The second-order valence-corrected chi connectivity index (χ2v) is 9.94. The van der Waals surface area contributed by atoms with E-state index in [2.05, 4.69) is 102 Å². The molecule has 6 rings (SSSR count). The zero-order valence-corrected chi connectivity index (χ0v) is 23.5. The Labute approximate surface area is 246 Å². The van der Waals surface area contributed by atoms with Gasteiger partial charge < -0.3 is 14.4 Å². The van der Waals surface area contributed by atoms with E-state index in [9.17, 15) is 4.39 Å². The van der Waals surface area contributed by atoms with Crippen molar-refractivity contribution in [2.45, 2.75) is 0 Å². The van der Waals surface area contributed by atoms with Crippen LogP contribution in [-0.2, 0) is 0 Å². The number of hydrogen-bond donors (Lipinski definition) is 0. The van der Waals surface area contributed by atoms with Gasteiger partial charge in [-0.05, 0) is 106 Å². The van der Waals surface area contributed by atoms with E-state index in [1.807, 2.05) is 24.3 Å². The van der Waals surface area contributed by atoms with E-state index in [-0.39, 0.29) is 5.82 Å². The average molecular weight is 552 g/mol. The maximum atomic E-state index is 13.5. The minimum absolute atomic E-state index is 0.238. The monoisotopic (exact) mass is 551 g/mol. The summed E-state index contributed by atoms with van der Waals surface area (Å²) in [7, 11) is 3.35. The summed E-state index contributed by atoms with van der Waals surface area (Å²) in [6.45, 7) is 0. The summed E-state index contributed by atoms with van der Waals surface area (Å²) in [5.74, 6) is 1.44. The number of benzene rings is 6. The van der Waals surface area contributed by atoms with Gasteiger partial charge in [0.25, 0.3) is 0 Å². The lowest BCUT2D eigenvalue weighted by Crippen LogP contribution is -2.09. The van der Waals surface area contributed by atoms with Crippen molar-refractivity contribution in [3.05, 3.63) is 151 Å². The first kappa shape index (κ1) is 26.9. The minimum atomic E-state index is -0.238. The number of hydrogen-bond acceptors (Lipinski definition) is 3. The predicted octanol–water partition coefficient (Wildman–Crippen LogP) is 10.3. The molecule has 0 aliphatic heterocycles. The maximum Gasteiger partial charge on any atom is 0.123 e. The Morgan fingerprint density at radius 1 is 0.357 bits per heavy atom. The van der Waals surface area contributed by atoms with Gasteiger partial charge in [-0.2, -0.15) is 0 Å². The van der Waals surface area contributed by atoms with Crippen LogP contribution in [0.1, 0.15) is 0 Å². The van der Waals surface area contributed by atoms with Gasteiger partial charge in [-0.1, -0.05) is 72.8 Å². The van der Waals surface area contributed by atoms with Crippen molar-refractivity contribution in [2.24, 2.45) is 0 Å². The SMILES string of the molecule is COc1ccc(-c2ccc(N(c3ccc(-c4ccc(F)cc4)cc3)c3ccc(-c4ccc(OC)cc4)cc3)cc2)cc1. The number of methoxy groups -OCH3 is 2. The molecule has 0 heterocycles. The molecular formula is C38H30FNO2. The van der Waals surface area contributed by atoms with Crippen LogP contribution in [0, 0.1) is 5.82 Å². The molecule has 0 aromatic heterocycles. The Bertz CT molecular complexity index is 1650. The second-order valence-electron chi connectivity index (χ2n) is 9.94. The molecule has 3 nitrogen and oxygen atoms in total. The van der Waals surface area contributed by atoms with Gasteiger partial charge >= 0.3 is 0 Å². The highest BCUT2D eigenvalue weighted by Gasteiger charge is 2.14. The van der Waals surface area contributed by atoms with Crippen LogP contribution in [0.5, 0.6) is 11.5 Å². The summed E-state index contributed by atoms with van der Waals surface area (Å²) in [6, 6.07) is 48.3. The van der Waals surface area contributed by atoms with E-state index in [0.717, 1.165) is 61.9 Å². The lowest BCUT2D eigenvalue weighted by Gasteiger charge is -2.26. The molecule has 4 heteroatoms. The predicted molar refractivity (Wildman–Crippen MR) is 170 cm³/mol. The summed E-state index contributed by atoms with van der Waals surface area (Å²) < 4.78 is 24.1. The molecule has 0 saturated heterocycles. The Hall–Kier alpha value is -5.35. The van der Waals surface area contributed by atoms with Crippen LogP contribution in [0.25, 0.3) is 33.4 Å². The standard InChI is InChI=1S/C38H30FNO2/c1-41-37-23-11-31(12-24-37)29-7-19-35(20-8-29)40(34-17-5-28(6-18-34)27-3-15-33(39)16-4-27)36-21-9-30(10-22-36)32-13-25-38(42-2)26-14-32/h3-26H,1-2H3. The lowest BCUT2D eigenvalue weighted by molar-refractivity contribution is 0.415. The van der Waals surface area contributed by atoms with Gasteiger partial charge in [-0.3, -0.25) is 0 Å². The zero-order valence-electron chi connectivity index (χ0n) is 23.5. The molecule has 0 bridgehead atoms. The van der Waals surface area contributed by atoms with E-state index in [1.165, 1.54) is 12.1 Å². The number of ether oxygens (including phenoxy) is 2. The number of halogens is 1. The molecule has 6 aromatic carbocycles. The van der Waals surface area contributed by atoms with Gasteiger partial charge in [0.2, 0.25) is 0 Å². The van der Waals surface area contributed by atoms with Crippen LogP contribution in [0.4, 0.5) is 21.5 Å². The van der Waals surface area contributed by atoms with Crippen molar-refractivity contribution in [1.29, 1.82) is 0 Å². The van der Waals surface area contributed by atoms with Gasteiger partial charge in [0.1, 0.15) is 17.3 Å². The molecule has 0 fully saturated rings. The van der Waals surface area contributed by atoms with Crippen LogP contribution in [0.15, 0.2) is 146 Å². The fourth-order valence-electron chi connectivity index (χ4n) is 5.07.